The molecule has 0 atom stereocenters. The number of anilines is 1. The normalized spacial score (nSPS) is 10.1. The van der Waals surface area contributed by atoms with E-state index in [1.807, 2.05) is 0 Å². The highest BCUT2D eigenvalue weighted by molar-refractivity contribution is 6.05. The van der Waals surface area contributed by atoms with E-state index in [-0.39, 0.29) is 16.8 Å². The summed E-state index contributed by atoms with van der Waals surface area (Å²) in [5.41, 5.74) is -0.131. The van der Waals surface area contributed by atoms with E-state index in [0.717, 1.165) is 12.1 Å². The summed E-state index contributed by atoms with van der Waals surface area (Å²) in [6.45, 7) is 0. The van der Waals surface area contributed by atoms with Crippen molar-refractivity contribution in [3.63, 3.8) is 0 Å². The number of hydrogen-bond acceptors (Lipinski definition) is 2. The number of carboxylic acid groups (broad SMARTS) is 1. The predicted molar refractivity (Wildman–Crippen MR) is 67.7 cm³/mol. The van der Waals surface area contributed by atoms with E-state index >= 15 is 0 Å². The van der Waals surface area contributed by atoms with E-state index in [2.05, 4.69) is 5.32 Å². The maximum Gasteiger partial charge on any atom is 0.335 e. The van der Waals surface area contributed by atoms with Gasteiger partial charge in [0.2, 0.25) is 0 Å². The van der Waals surface area contributed by atoms with Crippen molar-refractivity contribution in [3.05, 3.63) is 65.2 Å². The highest BCUT2D eigenvalue weighted by atomic mass is 19.1. The Labute approximate surface area is 112 Å². The molecule has 0 spiro atoms. The van der Waals surface area contributed by atoms with Crippen LogP contribution in [-0.4, -0.2) is 17.0 Å². The third-order valence-corrected chi connectivity index (χ3v) is 2.54. The molecule has 0 aromatic heterocycles. The largest absolute Gasteiger partial charge is 0.478 e. The molecule has 20 heavy (non-hydrogen) atoms. The average Bonchev–Trinajstić information content (AvgIpc) is 2.38. The van der Waals surface area contributed by atoms with Gasteiger partial charge in [0.05, 0.1) is 11.1 Å². The van der Waals surface area contributed by atoms with Crippen LogP contribution in [0.2, 0.25) is 0 Å². The van der Waals surface area contributed by atoms with Gasteiger partial charge in [0, 0.05) is 11.8 Å². The number of carbonyl (C=O) groups excluding carboxylic acids is 1. The van der Waals surface area contributed by atoms with Gasteiger partial charge in [-0.1, -0.05) is 6.07 Å². The van der Waals surface area contributed by atoms with Crippen molar-refractivity contribution in [2.45, 2.75) is 0 Å². The van der Waals surface area contributed by atoms with Crippen LogP contribution < -0.4 is 5.32 Å². The zero-order valence-corrected chi connectivity index (χ0v) is 10.1. The Morgan fingerprint density at radius 3 is 2.45 bits per heavy atom. The van der Waals surface area contributed by atoms with Gasteiger partial charge in [0.25, 0.3) is 5.91 Å². The fraction of sp³-hybridized carbons (Fsp3) is 0. The first kappa shape index (κ1) is 13.7. The van der Waals surface area contributed by atoms with Crippen LogP contribution in [0.5, 0.6) is 0 Å². The van der Waals surface area contributed by atoms with Gasteiger partial charge in [-0.3, -0.25) is 4.79 Å². The number of nitrogens with one attached hydrogen (secondary N) is 1. The van der Waals surface area contributed by atoms with Crippen LogP contribution >= 0.6 is 0 Å². The van der Waals surface area contributed by atoms with Crippen LogP contribution in [0.15, 0.2) is 42.5 Å². The van der Waals surface area contributed by atoms with Crippen molar-refractivity contribution in [2.24, 2.45) is 0 Å². The summed E-state index contributed by atoms with van der Waals surface area (Å²) >= 11 is 0. The molecule has 2 aromatic carbocycles. The first-order valence-corrected chi connectivity index (χ1v) is 5.57. The molecule has 0 saturated carbocycles. The summed E-state index contributed by atoms with van der Waals surface area (Å²) in [5.74, 6) is -3.71. The van der Waals surface area contributed by atoms with Gasteiger partial charge in [0.1, 0.15) is 11.6 Å². The first-order chi connectivity index (χ1) is 9.47. The van der Waals surface area contributed by atoms with Crippen molar-refractivity contribution in [2.75, 3.05) is 5.32 Å². The van der Waals surface area contributed by atoms with E-state index in [1.165, 1.54) is 24.3 Å². The minimum Gasteiger partial charge on any atom is -0.478 e. The third kappa shape index (κ3) is 2.97. The highest BCUT2D eigenvalue weighted by Gasteiger charge is 2.13. The molecule has 0 aliphatic carbocycles. The van der Waals surface area contributed by atoms with E-state index < -0.39 is 23.5 Å². The number of aromatic carboxylic acids is 1. The Hall–Kier alpha value is -2.76. The quantitative estimate of drug-likeness (QED) is 0.906. The molecule has 6 heteroatoms. The van der Waals surface area contributed by atoms with Crippen LogP contribution in [0, 0.1) is 11.6 Å². The van der Waals surface area contributed by atoms with Crippen molar-refractivity contribution in [1.82, 2.24) is 0 Å². The zero-order valence-electron chi connectivity index (χ0n) is 10.1. The number of carbonyl (C=O) groups is 2. The monoisotopic (exact) mass is 277 g/mol. The molecule has 0 radical (unpaired) electrons. The SMILES string of the molecule is O=C(O)c1cccc(NC(=O)c2ccc(F)cc2F)c1. The van der Waals surface area contributed by atoms with Gasteiger partial charge in [-0.05, 0) is 30.3 Å². The third-order valence-electron chi connectivity index (χ3n) is 2.54. The van der Waals surface area contributed by atoms with Gasteiger partial charge in [-0.2, -0.15) is 0 Å². The van der Waals surface area contributed by atoms with Crippen LogP contribution in [-0.2, 0) is 0 Å². The van der Waals surface area contributed by atoms with Gasteiger partial charge in [0.15, 0.2) is 0 Å². The lowest BCUT2D eigenvalue weighted by Gasteiger charge is -2.07. The minimum atomic E-state index is -1.14. The maximum atomic E-state index is 13.4. The molecule has 0 heterocycles. The second kappa shape index (κ2) is 5.48. The Morgan fingerprint density at radius 2 is 1.80 bits per heavy atom. The number of rotatable bonds is 3. The lowest BCUT2D eigenvalue weighted by atomic mass is 10.1. The summed E-state index contributed by atoms with van der Waals surface area (Å²) in [6.07, 6.45) is 0. The molecule has 0 unspecified atom stereocenters. The van der Waals surface area contributed by atoms with Crippen molar-refractivity contribution in [3.8, 4) is 0 Å². The fourth-order valence-electron chi connectivity index (χ4n) is 1.60. The van der Waals surface area contributed by atoms with Crippen molar-refractivity contribution in [1.29, 1.82) is 0 Å². The molecule has 1 amide bonds. The van der Waals surface area contributed by atoms with Crippen LogP contribution in [0.4, 0.5) is 14.5 Å². The Morgan fingerprint density at radius 1 is 1.05 bits per heavy atom. The van der Waals surface area contributed by atoms with Crippen LogP contribution in [0.25, 0.3) is 0 Å². The fourth-order valence-corrected chi connectivity index (χ4v) is 1.60. The molecule has 0 saturated heterocycles. The van der Waals surface area contributed by atoms with Crippen LogP contribution in [0.3, 0.4) is 0 Å². The van der Waals surface area contributed by atoms with E-state index in [0.29, 0.717) is 6.07 Å². The maximum absolute atomic E-state index is 13.4. The Balaban J connectivity index is 2.23. The smallest absolute Gasteiger partial charge is 0.335 e. The molecule has 0 bridgehead atoms. The van der Waals surface area contributed by atoms with Crippen LogP contribution in [0.1, 0.15) is 20.7 Å². The topological polar surface area (TPSA) is 66.4 Å². The minimum absolute atomic E-state index is 0.0117. The second-order valence-electron chi connectivity index (χ2n) is 3.96. The number of carboxylic acids is 1. The zero-order chi connectivity index (χ0) is 14.7. The highest BCUT2D eigenvalue weighted by Crippen LogP contribution is 2.15. The Kier molecular flexibility index (Phi) is 3.74. The number of hydrogen-bond donors (Lipinski definition) is 2. The number of halogens is 2. The van der Waals surface area contributed by atoms with Crippen molar-refractivity contribution >= 4 is 17.6 Å². The summed E-state index contributed by atoms with van der Waals surface area (Å²) in [5, 5.41) is 11.2. The summed E-state index contributed by atoms with van der Waals surface area (Å²) < 4.78 is 26.2. The average molecular weight is 277 g/mol. The number of amides is 1. The first-order valence-electron chi connectivity index (χ1n) is 5.57. The van der Waals surface area contributed by atoms with E-state index in [4.69, 9.17) is 5.11 Å². The van der Waals surface area contributed by atoms with E-state index in [1.54, 1.807) is 0 Å². The summed E-state index contributed by atoms with van der Waals surface area (Å²) in [7, 11) is 0. The molecule has 2 N–H and O–H groups in total. The van der Waals surface area contributed by atoms with Gasteiger partial charge in [-0.15, -0.1) is 0 Å². The molecule has 4 nitrogen and oxygen atoms in total. The molecular formula is C14H9F2NO3. The lowest BCUT2D eigenvalue weighted by molar-refractivity contribution is 0.0696. The molecule has 0 fully saturated rings. The summed E-state index contributed by atoms with van der Waals surface area (Å²) in [6, 6.07) is 8.08. The molecule has 102 valence electrons. The predicted octanol–water partition coefficient (Wildman–Crippen LogP) is 2.92. The molecule has 2 rings (SSSR count). The molecule has 2 aromatic rings. The second-order valence-corrected chi connectivity index (χ2v) is 3.96. The standard InChI is InChI=1S/C14H9F2NO3/c15-9-4-5-11(12(16)7-9)13(18)17-10-3-1-2-8(6-10)14(19)20/h1-7H,(H,17,18)(H,19,20). The van der Waals surface area contributed by atoms with Gasteiger partial charge in [-0.25, -0.2) is 13.6 Å². The lowest BCUT2D eigenvalue weighted by Crippen LogP contribution is -2.14. The Bertz CT molecular complexity index is 686. The van der Waals surface area contributed by atoms with Crippen molar-refractivity contribution < 1.29 is 23.5 Å². The molecule has 0 aliphatic heterocycles. The number of benzene rings is 2. The summed E-state index contributed by atoms with van der Waals surface area (Å²) in [4.78, 5) is 22.6. The van der Waals surface area contributed by atoms with E-state index in [9.17, 15) is 18.4 Å². The molecular weight excluding hydrogens is 268 g/mol. The molecule has 0 aliphatic rings. The van der Waals surface area contributed by atoms with Gasteiger partial charge >= 0.3 is 5.97 Å². The van der Waals surface area contributed by atoms with Gasteiger partial charge < -0.3 is 10.4 Å².